The molecule has 1 aliphatic heterocycles. The quantitative estimate of drug-likeness (QED) is 0.769. The number of carbonyl (C=O) groups is 1. The van der Waals surface area contributed by atoms with Crippen molar-refractivity contribution in [3.8, 4) is 0 Å². The molecule has 1 N–H and O–H groups in total. The molecule has 1 fully saturated rings. The molecule has 0 aromatic heterocycles. The summed E-state index contributed by atoms with van der Waals surface area (Å²) in [5, 5.41) is 3.34. The molecule has 2 unspecified atom stereocenters. The van der Waals surface area contributed by atoms with Crippen LogP contribution >= 0.6 is 0 Å². The highest BCUT2D eigenvalue weighted by Gasteiger charge is 2.35. The van der Waals surface area contributed by atoms with Crippen molar-refractivity contribution in [3.63, 3.8) is 0 Å². The Balaban J connectivity index is 2.42. The van der Waals surface area contributed by atoms with Crippen LogP contribution in [0.15, 0.2) is 0 Å². The Morgan fingerprint density at radius 3 is 2.53 bits per heavy atom. The summed E-state index contributed by atoms with van der Waals surface area (Å²) in [5.74, 6) is 0.758. The van der Waals surface area contributed by atoms with E-state index in [1.165, 1.54) is 0 Å². The number of nitrogens with one attached hydrogen (secondary N) is 1. The van der Waals surface area contributed by atoms with Crippen LogP contribution < -0.4 is 5.32 Å². The van der Waals surface area contributed by atoms with Crippen LogP contribution in [0.2, 0.25) is 0 Å². The summed E-state index contributed by atoms with van der Waals surface area (Å²) >= 11 is 0. The fraction of sp³-hybridized carbons (Fsp3) is 0.923. The average Bonchev–Trinajstić information content (AvgIpc) is 2.44. The van der Waals surface area contributed by atoms with Gasteiger partial charge in [-0.15, -0.1) is 0 Å². The molecule has 1 rings (SSSR count). The van der Waals surface area contributed by atoms with Crippen molar-refractivity contribution >= 4 is 5.91 Å². The third-order valence-electron chi connectivity index (χ3n) is 2.98. The van der Waals surface area contributed by atoms with Crippen molar-refractivity contribution in [2.24, 2.45) is 5.92 Å². The van der Waals surface area contributed by atoms with E-state index >= 15 is 0 Å². The third kappa shape index (κ3) is 4.28. The Kier molecular flexibility index (Phi) is 5.40. The molecule has 0 aromatic carbocycles. The second-order valence-corrected chi connectivity index (χ2v) is 5.48. The van der Waals surface area contributed by atoms with E-state index in [1.54, 1.807) is 0 Å². The summed E-state index contributed by atoms with van der Waals surface area (Å²) < 4.78 is 5.50. The third-order valence-corrected chi connectivity index (χ3v) is 2.98. The van der Waals surface area contributed by atoms with Gasteiger partial charge in [-0.05, 0) is 33.1 Å². The van der Waals surface area contributed by atoms with Crippen molar-refractivity contribution in [1.82, 2.24) is 10.2 Å². The van der Waals surface area contributed by atoms with Gasteiger partial charge < -0.3 is 9.64 Å². The SMILES string of the molecule is CC(C)CC1NC(C)N(CCOC(C)C)C1=O. The zero-order valence-electron chi connectivity index (χ0n) is 11.7. The number of rotatable bonds is 6. The van der Waals surface area contributed by atoms with Crippen molar-refractivity contribution in [1.29, 1.82) is 0 Å². The summed E-state index contributed by atoms with van der Waals surface area (Å²) in [6, 6.07) is -0.0101. The lowest BCUT2D eigenvalue weighted by molar-refractivity contribution is -0.131. The largest absolute Gasteiger partial charge is 0.377 e. The molecule has 1 heterocycles. The van der Waals surface area contributed by atoms with Crippen LogP contribution in [0.25, 0.3) is 0 Å². The highest BCUT2D eigenvalue weighted by molar-refractivity contribution is 5.84. The zero-order valence-corrected chi connectivity index (χ0v) is 11.7. The molecule has 100 valence electrons. The highest BCUT2D eigenvalue weighted by Crippen LogP contribution is 2.16. The van der Waals surface area contributed by atoms with Gasteiger partial charge in [-0.3, -0.25) is 10.1 Å². The molecule has 0 radical (unpaired) electrons. The minimum atomic E-state index is -0.0101. The predicted molar refractivity (Wildman–Crippen MR) is 68.6 cm³/mol. The first-order valence-electron chi connectivity index (χ1n) is 6.60. The van der Waals surface area contributed by atoms with Gasteiger partial charge >= 0.3 is 0 Å². The van der Waals surface area contributed by atoms with E-state index in [0.717, 1.165) is 6.42 Å². The number of ether oxygens (including phenoxy) is 1. The first-order chi connectivity index (χ1) is 7.91. The van der Waals surface area contributed by atoms with E-state index in [1.807, 2.05) is 25.7 Å². The summed E-state index contributed by atoms with van der Waals surface area (Å²) in [7, 11) is 0. The predicted octanol–water partition coefficient (Wildman–Crippen LogP) is 1.60. The lowest BCUT2D eigenvalue weighted by Gasteiger charge is -2.21. The van der Waals surface area contributed by atoms with E-state index in [-0.39, 0.29) is 24.2 Å². The minimum Gasteiger partial charge on any atom is -0.377 e. The van der Waals surface area contributed by atoms with Gasteiger partial charge in [0.05, 0.1) is 24.9 Å². The maximum Gasteiger partial charge on any atom is 0.241 e. The Morgan fingerprint density at radius 1 is 1.35 bits per heavy atom. The lowest BCUT2D eigenvalue weighted by atomic mass is 10.0. The van der Waals surface area contributed by atoms with Gasteiger partial charge in [-0.1, -0.05) is 13.8 Å². The lowest BCUT2D eigenvalue weighted by Crippen LogP contribution is -2.37. The summed E-state index contributed by atoms with van der Waals surface area (Å²) in [4.78, 5) is 14.0. The second-order valence-electron chi connectivity index (χ2n) is 5.48. The van der Waals surface area contributed by atoms with Crippen molar-refractivity contribution in [3.05, 3.63) is 0 Å². The van der Waals surface area contributed by atoms with E-state index in [4.69, 9.17) is 4.74 Å². The summed E-state index contributed by atoms with van der Waals surface area (Å²) in [6.07, 6.45) is 1.26. The Hall–Kier alpha value is -0.610. The average molecular weight is 242 g/mol. The van der Waals surface area contributed by atoms with Crippen LogP contribution in [-0.4, -0.2) is 42.3 Å². The maximum absolute atomic E-state index is 12.1. The van der Waals surface area contributed by atoms with Crippen LogP contribution in [0.1, 0.15) is 41.0 Å². The van der Waals surface area contributed by atoms with E-state index in [0.29, 0.717) is 19.1 Å². The topological polar surface area (TPSA) is 41.6 Å². The first-order valence-corrected chi connectivity index (χ1v) is 6.60. The smallest absolute Gasteiger partial charge is 0.241 e. The minimum absolute atomic E-state index is 0.0101. The number of hydrogen-bond donors (Lipinski definition) is 1. The normalized spacial score (nSPS) is 25.4. The van der Waals surface area contributed by atoms with Crippen LogP contribution in [-0.2, 0) is 9.53 Å². The molecule has 4 heteroatoms. The molecular weight excluding hydrogens is 216 g/mol. The molecule has 1 amide bonds. The number of amides is 1. The zero-order chi connectivity index (χ0) is 13.0. The van der Waals surface area contributed by atoms with Crippen LogP contribution in [0, 0.1) is 5.92 Å². The fourth-order valence-electron chi connectivity index (χ4n) is 2.17. The Labute approximate surface area is 105 Å². The maximum atomic E-state index is 12.1. The summed E-state index contributed by atoms with van der Waals surface area (Å²) in [6.45, 7) is 11.6. The molecule has 2 atom stereocenters. The van der Waals surface area contributed by atoms with Gasteiger partial charge in [0.2, 0.25) is 5.91 Å². The number of carbonyl (C=O) groups excluding carboxylic acids is 1. The van der Waals surface area contributed by atoms with Crippen LogP contribution in [0.4, 0.5) is 0 Å². The molecular formula is C13H26N2O2. The molecule has 0 aliphatic carbocycles. The van der Waals surface area contributed by atoms with E-state index < -0.39 is 0 Å². The molecule has 1 aliphatic rings. The number of nitrogens with zero attached hydrogens (tertiary/aromatic N) is 1. The fourth-order valence-corrected chi connectivity index (χ4v) is 2.17. The van der Waals surface area contributed by atoms with Crippen LogP contribution in [0.3, 0.4) is 0 Å². The van der Waals surface area contributed by atoms with Crippen LogP contribution in [0.5, 0.6) is 0 Å². The van der Waals surface area contributed by atoms with Crippen molar-refractivity contribution in [2.45, 2.75) is 59.4 Å². The first kappa shape index (κ1) is 14.5. The van der Waals surface area contributed by atoms with Crippen molar-refractivity contribution in [2.75, 3.05) is 13.2 Å². The molecule has 0 spiro atoms. The standard InChI is InChI=1S/C13H26N2O2/c1-9(2)8-12-13(16)15(11(5)14-12)6-7-17-10(3)4/h9-12,14H,6-8H2,1-5H3. The van der Waals surface area contributed by atoms with Crippen molar-refractivity contribution < 1.29 is 9.53 Å². The van der Waals surface area contributed by atoms with Gasteiger partial charge in [-0.25, -0.2) is 0 Å². The van der Waals surface area contributed by atoms with Gasteiger partial charge in [0.1, 0.15) is 0 Å². The molecule has 17 heavy (non-hydrogen) atoms. The highest BCUT2D eigenvalue weighted by atomic mass is 16.5. The summed E-state index contributed by atoms with van der Waals surface area (Å²) in [5.41, 5.74) is 0. The number of hydrogen-bond acceptors (Lipinski definition) is 3. The molecule has 0 aromatic rings. The Morgan fingerprint density at radius 2 is 2.00 bits per heavy atom. The van der Waals surface area contributed by atoms with Gasteiger partial charge in [0, 0.05) is 6.54 Å². The molecule has 1 saturated heterocycles. The Bertz CT molecular complexity index is 254. The van der Waals surface area contributed by atoms with Gasteiger partial charge in [0.15, 0.2) is 0 Å². The van der Waals surface area contributed by atoms with E-state index in [2.05, 4.69) is 19.2 Å². The monoisotopic (exact) mass is 242 g/mol. The van der Waals surface area contributed by atoms with Gasteiger partial charge in [-0.2, -0.15) is 0 Å². The molecule has 0 bridgehead atoms. The molecule has 0 saturated carbocycles. The van der Waals surface area contributed by atoms with Gasteiger partial charge in [0.25, 0.3) is 0 Å². The second kappa shape index (κ2) is 6.36. The molecule has 4 nitrogen and oxygen atoms in total. The van der Waals surface area contributed by atoms with E-state index in [9.17, 15) is 4.79 Å².